The van der Waals surface area contributed by atoms with Crippen LogP contribution in [0.4, 0.5) is 0 Å². The molecule has 0 rings (SSSR count). The molecule has 1 nitrogen and oxygen atoms in total. The van der Waals surface area contributed by atoms with Gasteiger partial charge in [0, 0.05) is 6.61 Å². The fourth-order valence-corrected chi connectivity index (χ4v) is 0.158. The van der Waals surface area contributed by atoms with Gasteiger partial charge in [-0.3, -0.25) is 0 Å². The maximum Gasteiger partial charge on any atom is 2.00 e. The van der Waals surface area contributed by atoms with Crippen molar-refractivity contribution < 1.29 is 47.3 Å². The van der Waals surface area contributed by atoms with Gasteiger partial charge in [-0.2, -0.15) is 0 Å². The fourth-order valence-electron chi connectivity index (χ4n) is 0.158. The number of rotatable bonds is 2. The van der Waals surface area contributed by atoms with E-state index in [2.05, 4.69) is 6.92 Å². The van der Waals surface area contributed by atoms with E-state index in [-0.39, 0.29) is 42.2 Å². The number of unbranched alkanes of at least 4 members (excludes halogenated alkanes) is 1. The molecule has 0 aliphatic carbocycles. The third-order valence-corrected chi connectivity index (χ3v) is 0.512. The molecule has 0 fully saturated rings. The van der Waals surface area contributed by atoms with Crippen LogP contribution in [-0.2, 0) is 17.4 Å². The van der Waals surface area contributed by atoms with E-state index in [0.717, 1.165) is 12.8 Å². The maximum absolute atomic E-state index is 8.07. The monoisotopic (exact) mass is 196 g/mol. The summed E-state index contributed by atoms with van der Waals surface area (Å²) in [5.41, 5.74) is 0. The van der Waals surface area contributed by atoms with Crippen molar-refractivity contribution in [1.29, 1.82) is 0 Å². The molecular weight excluding hydrogens is 187 g/mol. The van der Waals surface area contributed by atoms with E-state index in [1.165, 1.54) is 0 Å². The number of halogens is 2. The summed E-state index contributed by atoms with van der Waals surface area (Å²) in [5, 5.41) is 8.07. The maximum atomic E-state index is 8.07. The minimum atomic E-state index is 0. The summed E-state index contributed by atoms with van der Waals surface area (Å²) in [5.74, 6) is 0. The van der Waals surface area contributed by atoms with E-state index >= 15 is 0 Å². The molecule has 0 spiro atoms. The van der Waals surface area contributed by atoms with Gasteiger partial charge in [0.15, 0.2) is 0 Å². The SMILES string of the molecule is CCCCO.[Cl-].[Cl-].[Cr+2]. The average Bonchev–Trinajstić information content (AvgIpc) is 1.41. The molecule has 0 aromatic rings. The van der Waals surface area contributed by atoms with Crippen molar-refractivity contribution in [2.24, 2.45) is 0 Å². The van der Waals surface area contributed by atoms with E-state index < -0.39 is 0 Å². The van der Waals surface area contributed by atoms with Gasteiger partial charge < -0.3 is 29.9 Å². The first-order valence-corrected chi connectivity index (χ1v) is 2.02. The van der Waals surface area contributed by atoms with Gasteiger partial charge in [0.1, 0.15) is 0 Å². The quantitative estimate of drug-likeness (QED) is 0.469. The van der Waals surface area contributed by atoms with E-state index in [9.17, 15) is 0 Å². The van der Waals surface area contributed by atoms with Gasteiger partial charge in [-0.15, -0.1) is 0 Å². The van der Waals surface area contributed by atoms with Crippen molar-refractivity contribution in [2.75, 3.05) is 6.61 Å². The van der Waals surface area contributed by atoms with Crippen LogP contribution in [0.3, 0.4) is 0 Å². The molecule has 0 atom stereocenters. The Morgan fingerprint density at radius 2 is 1.62 bits per heavy atom. The molecule has 0 aromatic carbocycles. The zero-order valence-electron chi connectivity index (χ0n) is 4.73. The van der Waals surface area contributed by atoms with Gasteiger partial charge in [-0.1, -0.05) is 13.3 Å². The molecule has 0 heterocycles. The zero-order valence-corrected chi connectivity index (χ0v) is 7.52. The smallest absolute Gasteiger partial charge is 1.00 e. The molecular formula is C4H10Cl2CrO. The molecule has 0 saturated carbocycles. The molecule has 0 aromatic heterocycles. The van der Waals surface area contributed by atoms with E-state index in [0.29, 0.717) is 6.61 Å². The largest absolute Gasteiger partial charge is 2.00 e. The standard InChI is InChI=1S/C4H10O.2ClH.Cr/c1-2-3-4-5;;;/h5H,2-4H2,1H3;2*1H;/q;;;+2/p-2. The van der Waals surface area contributed by atoms with Crippen LogP contribution in [0.1, 0.15) is 19.8 Å². The first-order valence-electron chi connectivity index (χ1n) is 2.02. The Bertz CT molecular complexity index is 21.5. The molecule has 0 aliphatic rings. The number of hydrogen-bond donors (Lipinski definition) is 1. The molecule has 1 N–H and O–H groups in total. The topological polar surface area (TPSA) is 20.2 Å². The summed E-state index contributed by atoms with van der Waals surface area (Å²) in [6.45, 7) is 2.40. The van der Waals surface area contributed by atoms with Crippen molar-refractivity contribution in [3.8, 4) is 0 Å². The zero-order chi connectivity index (χ0) is 4.12. The van der Waals surface area contributed by atoms with Crippen molar-refractivity contribution >= 4 is 0 Å². The molecule has 0 radical (unpaired) electrons. The second-order valence-corrected chi connectivity index (χ2v) is 1.08. The third kappa shape index (κ3) is 27.6. The summed E-state index contributed by atoms with van der Waals surface area (Å²) in [4.78, 5) is 0. The van der Waals surface area contributed by atoms with E-state index in [1.807, 2.05) is 0 Å². The first-order chi connectivity index (χ1) is 2.41. The van der Waals surface area contributed by atoms with Crippen molar-refractivity contribution in [2.45, 2.75) is 19.8 Å². The molecule has 4 heteroatoms. The minimum Gasteiger partial charge on any atom is -1.00 e. The van der Waals surface area contributed by atoms with Crippen LogP contribution in [0, 0.1) is 0 Å². The van der Waals surface area contributed by atoms with Crippen molar-refractivity contribution in [3.63, 3.8) is 0 Å². The fraction of sp³-hybridized carbons (Fsp3) is 1.00. The third-order valence-electron chi connectivity index (χ3n) is 0.512. The molecule has 8 heavy (non-hydrogen) atoms. The molecule has 0 bridgehead atoms. The van der Waals surface area contributed by atoms with Crippen LogP contribution >= 0.6 is 0 Å². The summed E-state index contributed by atoms with van der Waals surface area (Å²) >= 11 is 0. The molecule has 52 valence electrons. The van der Waals surface area contributed by atoms with Crippen LogP contribution in [0.5, 0.6) is 0 Å². The Hall–Kier alpha value is 1.07. The van der Waals surface area contributed by atoms with Crippen molar-refractivity contribution in [3.05, 3.63) is 0 Å². The number of aliphatic hydroxyl groups is 1. The Balaban J connectivity index is -0.0000000267. The normalized spacial score (nSPS) is 5.25. The Labute approximate surface area is 73.8 Å². The van der Waals surface area contributed by atoms with Gasteiger partial charge in [0.05, 0.1) is 0 Å². The van der Waals surface area contributed by atoms with Gasteiger partial charge >= 0.3 is 17.4 Å². The summed E-state index contributed by atoms with van der Waals surface area (Å²) in [6, 6.07) is 0. The van der Waals surface area contributed by atoms with Crippen LogP contribution in [0.25, 0.3) is 0 Å². The van der Waals surface area contributed by atoms with E-state index in [1.54, 1.807) is 0 Å². The molecule has 0 amide bonds. The van der Waals surface area contributed by atoms with Crippen LogP contribution in [0.2, 0.25) is 0 Å². The van der Waals surface area contributed by atoms with Gasteiger partial charge in [0.2, 0.25) is 0 Å². The Morgan fingerprint density at radius 1 is 1.25 bits per heavy atom. The van der Waals surface area contributed by atoms with Gasteiger partial charge in [0.25, 0.3) is 0 Å². The van der Waals surface area contributed by atoms with Gasteiger partial charge in [-0.05, 0) is 6.42 Å². The molecule has 0 aliphatic heterocycles. The summed E-state index contributed by atoms with van der Waals surface area (Å²) in [7, 11) is 0. The Morgan fingerprint density at radius 3 is 1.62 bits per heavy atom. The molecule has 0 saturated heterocycles. The van der Waals surface area contributed by atoms with E-state index in [4.69, 9.17) is 5.11 Å². The summed E-state index contributed by atoms with van der Waals surface area (Å²) < 4.78 is 0. The number of aliphatic hydroxyl groups excluding tert-OH is 1. The predicted molar refractivity (Wildman–Crippen MR) is 22.0 cm³/mol. The van der Waals surface area contributed by atoms with Crippen molar-refractivity contribution in [1.82, 2.24) is 0 Å². The minimum absolute atomic E-state index is 0. The van der Waals surface area contributed by atoms with Crippen LogP contribution in [0.15, 0.2) is 0 Å². The number of hydrogen-bond acceptors (Lipinski definition) is 1. The Kier molecular flexibility index (Phi) is 69.9. The van der Waals surface area contributed by atoms with Crippen LogP contribution < -0.4 is 24.8 Å². The summed E-state index contributed by atoms with van der Waals surface area (Å²) in [6.07, 6.45) is 2.04. The first kappa shape index (κ1) is 23.0. The predicted octanol–water partition coefficient (Wildman–Crippen LogP) is -5.22. The van der Waals surface area contributed by atoms with Crippen LogP contribution in [-0.4, -0.2) is 11.7 Å². The second-order valence-electron chi connectivity index (χ2n) is 1.08. The molecule has 0 unspecified atom stereocenters. The average molecular weight is 197 g/mol. The van der Waals surface area contributed by atoms with Gasteiger partial charge in [-0.25, -0.2) is 0 Å². The second kappa shape index (κ2) is 24.3.